The van der Waals surface area contributed by atoms with Crippen LogP contribution in [-0.4, -0.2) is 0 Å². The number of halogens is 4. The fourth-order valence-corrected chi connectivity index (χ4v) is 1.90. The molecule has 0 aromatic heterocycles. The van der Waals surface area contributed by atoms with Crippen molar-refractivity contribution in [2.45, 2.75) is 12.7 Å². The van der Waals surface area contributed by atoms with Crippen LogP contribution >= 0.6 is 0 Å². The van der Waals surface area contributed by atoms with E-state index in [1.165, 1.54) is 24.3 Å². The van der Waals surface area contributed by atoms with Crippen molar-refractivity contribution in [3.05, 3.63) is 65.0 Å². The van der Waals surface area contributed by atoms with Crippen molar-refractivity contribution in [3.63, 3.8) is 0 Å². The first-order valence-electron chi connectivity index (χ1n) is 6.00. The molecule has 0 aliphatic heterocycles. The van der Waals surface area contributed by atoms with Crippen molar-refractivity contribution in [2.75, 3.05) is 5.32 Å². The van der Waals surface area contributed by atoms with Crippen LogP contribution < -0.4 is 5.32 Å². The molecular weight excluding hydrogens is 284 g/mol. The van der Waals surface area contributed by atoms with Crippen LogP contribution in [0.1, 0.15) is 16.7 Å². The van der Waals surface area contributed by atoms with E-state index in [0.29, 0.717) is 0 Å². The molecule has 0 atom stereocenters. The van der Waals surface area contributed by atoms with Crippen LogP contribution in [0, 0.1) is 17.1 Å². The predicted molar refractivity (Wildman–Crippen MR) is 69.9 cm³/mol. The van der Waals surface area contributed by atoms with Gasteiger partial charge in [-0.05, 0) is 29.8 Å². The first kappa shape index (κ1) is 14.9. The van der Waals surface area contributed by atoms with Crippen LogP contribution in [0.25, 0.3) is 0 Å². The number of benzene rings is 2. The number of alkyl halides is 3. The smallest absolute Gasteiger partial charge is 0.380 e. The molecule has 0 spiro atoms. The van der Waals surface area contributed by atoms with Gasteiger partial charge in [0.2, 0.25) is 0 Å². The molecule has 0 unspecified atom stereocenters. The Kier molecular flexibility index (Phi) is 4.13. The summed E-state index contributed by atoms with van der Waals surface area (Å²) in [6.45, 7) is -0.115. The lowest BCUT2D eigenvalue weighted by Gasteiger charge is -2.14. The second-order valence-corrected chi connectivity index (χ2v) is 4.31. The minimum atomic E-state index is -4.45. The van der Waals surface area contributed by atoms with Crippen molar-refractivity contribution in [1.82, 2.24) is 0 Å². The van der Waals surface area contributed by atoms with E-state index >= 15 is 0 Å². The van der Waals surface area contributed by atoms with E-state index in [4.69, 9.17) is 5.26 Å². The zero-order valence-corrected chi connectivity index (χ0v) is 10.7. The number of hydrogen-bond donors (Lipinski definition) is 1. The molecule has 0 amide bonds. The zero-order valence-electron chi connectivity index (χ0n) is 10.7. The van der Waals surface area contributed by atoms with Gasteiger partial charge in [0, 0.05) is 6.54 Å². The van der Waals surface area contributed by atoms with Crippen LogP contribution in [0.2, 0.25) is 0 Å². The third kappa shape index (κ3) is 3.51. The Labute approximate surface area is 118 Å². The third-order valence-electron chi connectivity index (χ3n) is 2.89. The normalized spacial score (nSPS) is 11.0. The molecule has 2 nitrogen and oxygen atoms in total. The van der Waals surface area contributed by atoms with Crippen LogP contribution in [0.3, 0.4) is 0 Å². The van der Waals surface area contributed by atoms with Crippen molar-refractivity contribution in [1.29, 1.82) is 5.26 Å². The van der Waals surface area contributed by atoms with Gasteiger partial charge in [0.15, 0.2) is 0 Å². The first-order valence-corrected chi connectivity index (χ1v) is 6.00. The van der Waals surface area contributed by atoms with Crippen LogP contribution in [0.4, 0.5) is 23.2 Å². The van der Waals surface area contributed by atoms with Crippen LogP contribution in [0.15, 0.2) is 42.5 Å². The molecule has 0 bridgehead atoms. The van der Waals surface area contributed by atoms with Gasteiger partial charge in [0.1, 0.15) is 11.9 Å². The molecule has 0 heterocycles. The highest BCUT2D eigenvalue weighted by Crippen LogP contribution is 2.32. The summed E-state index contributed by atoms with van der Waals surface area (Å²) < 4.78 is 51.5. The summed E-state index contributed by atoms with van der Waals surface area (Å²) in [5, 5.41) is 11.6. The predicted octanol–water partition coefficient (Wildman–Crippen LogP) is 4.33. The van der Waals surface area contributed by atoms with Crippen LogP contribution in [0.5, 0.6) is 0 Å². The summed E-state index contributed by atoms with van der Waals surface area (Å²) in [5.41, 5.74) is -0.355. The lowest BCUT2D eigenvalue weighted by Crippen LogP contribution is -2.12. The maximum absolute atomic E-state index is 13.0. The highest BCUT2D eigenvalue weighted by molar-refractivity contribution is 5.57. The van der Waals surface area contributed by atoms with E-state index in [2.05, 4.69) is 5.32 Å². The summed E-state index contributed by atoms with van der Waals surface area (Å²) in [6, 6.07) is 10.4. The Hall–Kier alpha value is -2.55. The number of nitriles is 1. The lowest BCUT2D eigenvalue weighted by molar-refractivity contribution is -0.138. The summed E-state index contributed by atoms with van der Waals surface area (Å²) in [6.07, 6.45) is -4.45. The molecule has 108 valence electrons. The number of hydrogen-bond acceptors (Lipinski definition) is 2. The van der Waals surface area contributed by atoms with Crippen LogP contribution in [-0.2, 0) is 12.7 Å². The molecule has 0 aliphatic carbocycles. The monoisotopic (exact) mass is 294 g/mol. The standard InChI is InChI=1S/C15H10F4N2/c16-12-5-6-14(11(7-12)8-20)21-9-10-3-1-2-4-13(10)15(17,18)19/h1-7,21H,9H2. The SMILES string of the molecule is N#Cc1cc(F)ccc1NCc1ccccc1C(F)(F)F. The first-order chi connectivity index (χ1) is 9.91. The van der Waals surface area contributed by atoms with Gasteiger partial charge >= 0.3 is 6.18 Å². The van der Waals surface area contributed by atoms with Crippen molar-refractivity contribution < 1.29 is 17.6 Å². The highest BCUT2D eigenvalue weighted by atomic mass is 19.4. The van der Waals surface area contributed by atoms with Gasteiger partial charge in [-0.15, -0.1) is 0 Å². The van der Waals surface area contributed by atoms with Gasteiger partial charge in [-0.1, -0.05) is 18.2 Å². The second kappa shape index (κ2) is 5.83. The number of anilines is 1. The number of rotatable bonds is 3. The quantitative estimate of drug-likeness (QED) is 0.855. The summed E-state index contributed by atoms with van der Waals surface area (Å²) in [4.78, 5) is 0. The van der Waals surface area contributed by atoms with Gasteiger partial charge < -0.3 is 5.32 Å². The van der Waals surface area contributed by atoms with E-state index in [1.807, 2.05) is 0 Å². The fourth-order valence-electron chi connectivity index (χ4n) is 1.90. The average Bonchev–Trinajstić information content (AvgIpc) is 2.45. The zero-order chi connectivity index (χ0) is 15.5. The molecule has 0 saturated heterocycles. The molecule has 2 aromatic carbocycles. The topological polar surface area (TPSA) is 35.8 Å². The Bertz CT molecular complexity index is 687. The Morgan fingerprint density at radius 3 is 2.48 bits per heavy atom. The van der Waals surface area contributed by atoms with E-state index < -0.39 is 17.6 Å². The fraction of sp³-hybridized carbons (Fsp3) is 0.133. The third-order valence-corrected chi connectivity index (χ3v) is 2.89. The van der Waals surface area contributed by atoms with Gasteiger partial charge in [-0.3, -0.25) is 0 Å². The van der Waals surface area contributed by atoms with Gasteiger partial charge in [0.05, 0.1) is 16.8 Å². The Balaban J connectivity index is 2.24. The molecule has 21 heavy (non-hydrogen) atoms. The van der Waals surface area contributed by atoms with Gasteiger partial charge in [-0.2, -0.15) is 18.4 Å². The summed E-state index contributed by atoms with van der Waals surface area (Å²) in [5.74, 6) is -0.576. The Morgan fingerprint density at radius 1 is 1.10 bits per heavy atom. The highest BCUT2D eigenvalue weighted by Gasteiger charge is 2.32. The molecule has 2 rings (SSSR count). The number of nitrogens with zero attached hydrogens (tertiary/aromatic N) is 1. The van der Waals surface area contributed by atoms with E-state index in [9.17, 15) is 17.6 Å². The van der Waals surface area contributed by atoms with Crippen molar-refractivity contribution in [3.8, 4) is 6.07 Å². The second-order valence-electron chi connectivity index (χ2n) is 4.31. The average molecular weight is 294 g/mol. The van der Waals surface area contributed by atoms with Crippen molar-refractivity contribution in [2.24, 2.45) is 0 Å². The molecule has 2 aromatic rings. The molecule has 0 aliphatic rings. The summed E-state index contributed by atoms with van der Waals surface area (Å²) >= 11 is 0. The largest absolute Gasteiger partial charge is 0.416 e. The lowest BCUT2D eigenvalue weighted by atomic mass is 10.1. The minimum Gasteiger partial charge on any atom is -0.380 e. The summed E-state index contributed by atoms with van der Waals surface area (Å²) in [7, 11) is 0. The van der Waals surface area contributed by atoms with E-state index in [-0.39, 0.29) is 23.4 Å². The molecule has 0 saturated carbocycles. The van der Waals surface area contributed by atoms with E-state index in [1.54, 1.807) is 6.07 Å². The molecule has 1 N–H and O–H groups in total. The molecule has 6 heteroatoms. The molecule has 0 fully saturated rings. The Morgan fingerprint density at radius 2 is 1.81 bits per heavy atom. The molecular formula is C15H10F4N2. The van der Waals surface area contributed by atoms with E-state index in [0.717, 1.165) is 18.2 Å². The van der Waals surface area contributed by atoms with Crippen molar-refractivity contribution >= 4 is 5.69 Å². The van der Waals surface area contributed by atoms with Gasteiger partial charge in [-0.25, -0.2) is 4.39 Å². The minimum absolute atomic E-state index is 0.0412. The molecule has 0 radical (unpaired) electrons. The number of nitrogens with one attached hydrogen (secondary N) is 1. The maximum Gasteiger partial charge on any atom is 0.416 e. The maximum atomic E-state index is 13.0. The van der Waals surface area contributed by atoms with Gasteiger partial charge in [0.25, 0.3) is 0 Å².